The summed E-state index contributed by atoms with van der Waals surface area (Å²) >= 11 is 0. The van der Waals surface area contributed by atoms with Crippen molar-refractivity contribution in [2.75, 3.05) is 17.6 Å². The molecule has 1 spiro atoms. The van der Waals surface area contributed by atoms with Gasteiger partial charge in [0.2, 0.25) is 0 Å². The van der Waals surface area contributed by atoms with Crippen molar-refractivity contribution in [3.8, 4) is 11.3 Å². The number of anilines is 2. The van der Waals surface area contributed by atoms with Gasteiger partial charge in [-0.2, -0.15) is 0 Å². The molecule has 3 aromatic heterocycles. The van der Waals surface area contributed by atoms with Crippen LogP contribution in [0.25, 0.3) is 16.8 Å². The van der Waals surface area contributed by atoms with Crippen LogP contribution in [-0.2, 0) is 0 Å². The lowest BCUT2D eigenvalue weighted by atomic mass is 10.0. The van der Waals surface area contributed by atoms with Gasteiger partial charge in [-0.1, -0.05) is 18.2 Å². The van der Waals surface area contributed by atoms with Crippen LogP contribution in [0.4, 0.5) is 11.6 Å². The average Bonchev–Trinajstić information content (AvgIpc) is 3.26. The molecule has 1 atom stereocenters. The lowest BCUT2D eigenvalue weighted by molar-refractivity contribution is 0.102. The molecule has 4 aromatic rings. The van der Waals surface area contributed by atoms with E-state index in [1.807, 2.05) is 40.9 Å². The molecule has 1 amide bonds. The SMILES string of the molecule is Nc1nccn2c([C@@H]3CC4(CC4)CN3)nc(-c3ccnc(NC(=O)c4ccccc4)c3)c12. The first-order valence-electron chi connectivity index (χ1n) is 10.8. The van der Waals surface area contributed by atoms with Crippen LogP contribution in [0.3, 0.4) is 0 Å². The highest BCUT2D eigenvalue weighted by Crippen LogP contribution is 2.55. The Balaban J connectivity index is 1.38. The fourth-order valence-corrected chi connectivity index (χ4v) is 4.62. The molecule has 1 saturated heterocycles. The van der Waals surface area contributed by atoms with E-state index < -0.39 is 0 Å². The molecule has 1 aromatic carbocycles. The van der Waals surface area contributed by atoms with Crippen LogP contribution in [0, 0.1) is 5.41 Å². The molecule has 8 heteroatoms. The second-order valence-electron chi connectivity index (χ2n) is 8.74. The Kier molecular flexibility index (Phi) is 4.22. The lowest BCUT2D eigenvalue weighted by Gasteiger charge is -2.09. The van der Waals surface area contributed by atoms with E-state index in [2.05, 4.69) is 20.6 Å². The van der Waals surface area contributed by atoms with E-state index >= 15 is 0 Å². The number of carbonyl (C=O) groups is 1. The predicted octanol–water partition coefficient (Wildman–Crippen LogP) is 3.44. The van der Waals surface area contributed by atoms with Crippen molar-refractivity contribution in [2.45, 2.75) is 25.3 Å². The zero-order chi connectivity index (χ0) is 21.7. The molecule has 0 unspecified atom stereocenters. The number of fused-ring (bicyclic) bond motifs is 1. The van der Waals surface area contributed by atoms with Gasteiger partial charge in [-0.15, -0.1) is 0 Å². The number of amides is 1. The van der Waals surface area contributed by atoms with Gasteiger partial charge in [0.15, 0.2) is 0 Å². The first-order chi connectivity index (χ1) is 15.6. The van der Waals surface area contributed by atoms with Crippen LogP contribution in [0.1, 0.15) is 41.5 Å². The van der Waals surface area contributed by atoms with E-state index in [-0.39, 0.29) is 11.9 Å². The van der Waals surface area contributed by atoms with E-state index in [9.17, 15) is 4.79 Å². The highest BCUT2D eigenvalue weighted by molar-refractivity contribution is 6.04. The van der Waals surface area contributed by atoms with Gasteiger partial charge in [-0.3, -0.25) is 9.20 Å². The third-order valence-corrected chi connectivity index (χ3v) is 6.55. The number of pyridine rings is 1. The van der Waals surface area contributed by atoms with Gasteiger partial charge in [0.05, 0.1) is 6.04 Å². The molecule has 0 bridgehead atoms. The number of benzene rings is 1. The maximum Gasteiger partial charge on any atom is 0.256 e. The van der Waals surface area contributed by atoms with E-state index in [0.717, 1.165) is 35.6 Å². The Morgan fingerprint density at radius 2 is 2.00 bits per heavy atom. The summed E-state index contributed by atoms with van der Waals surface area (Å²) in [6.07, 6.45) is 8.94. The Labute approximate surface area is 184 Å². The monoisotopic (exact) mass is 425 g/mol. The van der Waals surface area contributed by atoms with E-state index in [0.29, 0.717) is 22.6 Å². The number of rotatable bonds is 4. The number of aromatic nitrogens is 4. The van der Waals surface area contributed by atoms with Gasteiger partial charge in [0.25, 0.3) is 5.91 Å². The lowest BCUT2D eigenvalue weighted by Crippen LogP contribution is -2.16. The quantitative estimate of drug-likeness (QED) is 0.462. The number of hydrogen-bond acceptors (Lipinski definition) is 6. The summed E-state index contributed by atoms with van der Waals surface area (Å²) in [5.74, 6) is 1.61. The molecule has 0 radical (unpaired) electrons. The fraction of sp³-hybridized carbons (Fsp3) is 0.250. The van der Waals surface area contributed by atoms with Gasteiger partial charge in [0.1, 0.15) is 28.7 Å². The van der Waals surface area contributed by atoms with Crippen LogP contribution in [0.5, 0.6) is 0 Å². The molecular formula is C24H23N7O. The van der Waals surface area contributed by atoms with Crippen LogP contribution < -0.4 is 16.4 Å². The summed E-state index contributed by atoms with van der Waals surface area (Å²) < 4.78 is 2.04. The number of hydrogen-bond donors (Lipinski definition) is 3. The van der Waals surface area contributed by atoms with Crippen molar-refractivity contribution in [3.05, 3.63) is 72.4 Å². The summed E-state index contributed by atoms with van der Waals surface area (Å²) in [7, 11) is 0. The minimum Gasteiger partial charge on any atom is -0.382 e. The summed E-state index contributed by atoms with van der Waals surface area (Å²) in [4.78, 5) is 26.2. The zero-order valence-corrected chi connectivity index (χ0v) is 17.5. The van der Waals surface area contributed by atoms with E-state index in [1.165, 1.54) is 12.8 Å². The smallest absolute Gasteiger partial charge is 0.256 e. The van der Waals surface area contributed by atoms with Gasteiger partial charge >= 0.3 is 0 Å². The predicted molar refractivity (Wildman–Crippen MR) is 122 cm³/mol. The molecule has 8 nitrogen and oxygen atoms in total. The van der Waals surface area contributed by atoms with Crippen LogP contribution >= 0.6 is 0 Å². The molecule has 2 fully saturated rings. The summed E-state index contributed by atoms with van der Waals surface area (Å²) in [5, 5.41) is 6.51. The van der Waals surface area contributed by atoms with Crippen LogP contribution in [0.15, 0.2) is 61.1 Å². The molecule has 6 rings (SSSR count). The zero-order valence-electron chi connectivity index (χ0n) is 17.5. The fourth-order valence-electron chi connectivity index (χ4n) is 4.62. The Morgan fingerprint density at radius 3 is 2.78 bits per heavy atom. The van der Waals surface area contributed by atoms with Gasteiger partial charge < -0.3 is 16.4 Å². The molecule has 2 aliphatic rings. The first-order valence-corrected chi connectivity index (χ1v) is 10.8. The maximum absolute atomic E-state index is 12.6. The number of nitrogens with one attached hydrogen (secondary N) is 2. The second-order valence-corrected chi connectivity index (χ2v) is 8.74. The van der Waals surface area contributed by atoms with Crippen molar-refractivity contribution in [1.29, 1.82) is 0 Å². The molecule has 1 aliphatic heterocycles. The number of nitrogens with zero attached hydrogens (tertiary/aromatic N) is 4. The summed E-state index contributed by atoms with van der Waals surface area (Å²) in [5.41, 5.74) is 9.64. The van der Waals surface area contributed by atoms with Gasteiger partial charge in [-0.25, -0.2) is 15.0 Å². The van der Waals surface area contributed by atoms with Crippen molar-refractivity contribution >= 4 is 23.1 Å². The standard InChI is InChI=1S/C24H23N7O/c25-21-20-19(16-6-9-26-18(12-16)29-23(32)15-4-2-1-3-5-15)30-22(31(20)11-10-27-21)17-13-24(7-8-24)14-28-17/h1-6,9-12,17,28H,7-8,13-14H2,(H2,25,27)(H,26,29,32)/t17-/m0/s1. The third-order valence-electron chi connectivity index (χ3n) is 6.55. The molecular weight excluding hydrogens is 402 g/mol. The van der Waals surface area contributed by atoms with Gasteiger partial charge in [0, 0.05) is 36.3 Å². The largest absolute Gasteiger partial charge is 0.382 e. The van der Waals surface area contributed by atoms with Crippen molar-refractivity contribution < 1.29 is 4.79 Å². The molecule has 1 saturated carbocycles. The molecule has 4 heterocycles. The summed E-state index contributed by atoms with van der Waals surface area (Å²) in [6, 6.07) is 12.9. The molecule has 32 heavy (non-hydrogen) atoms. The van der Waals surface area contributed by atoms with Crippen molar-refractivity contribution in [2.24, 2.45) is 5.41 Å². The number of nitrogen functional groups attached to an aromatic ring is 1. The number of imidazole rings is 1. The minimum atomic E-state index is -0.211. The number of carbonyl (C=O) groups excluding carboxylic acids is 1. The number of nitrogens with two attached hydrogens (primary N) is 1. The highest BCUT2D eigenvalue weighted by Gasteiger charge is 2.49. The second kappa shape index (κ2) is 7.13. The van der Waals surface area contributed by atoms with Crippen LogP contribution in [0.2, 0.25) is 0 Å². The van der Waals surface area contributed by atoms with Crippen molar-refractivity contribution in [1.82, 2.24) is 24.7 Å². The summed E-state index contributed by atoms with van der Waals surface area (Å²) in [6.45, 7) is 1.04. The topological polar surface area (TPSA) is 110 Å². The molecule has 4 N–H and O–H groups in total. The van der Waals surface area contributed by atoms with Crippen LogP contribution in [-0.4, -0.2) is 31.8 Å². The first kappa shape index (κ1) is 18.9. The Bertz CT molecular complexity index is 1330. The van der Waals surface area contributed by atoms with E-state index in [1.54, 1.807) is 24.5 Å². The minimum absolute atomic E-state index is 0.180. The maximum atomic E-state index is 12.6. The average molecular weight is 425 g/mol. The molecule has 160 valence electrons. The Morgan fingerprint density at radius 1 is 1.16 bits per heavy atom. The highest BCUT2D eigenvalue weighted by atomic mass is 16.1. The molecule has 1 aliphatic carbocycles. The van der Waals surface area contributed by atoms with Crippen molar-refractivity contribution in [3.63, 3.8) is 0 Å². The third kappa shape index (κ3) is 3.20. The van der Waals surface area contributed by atoms with Gasteiger partial charge in [-0.05, 0) is 48.9 Å². The Hall–Kier alpha value is -3.78. The normalized spacial score (nSPS) is 18.8. The van der Waals surface area contributed by atoms with E-state index in [4.69, 9.17) is 10.7 Å².